The maximum absolute atomic E-state index is 5.76. The van der Waals surface area contributed by atoms with Gasteiger partial charge in [0.25, 0.3) is 0 Å². The fourth-order valence-electron chi connectivity index (χ4n) is 2.84. The number of nitrogens with zero attached hydrogens (tertiary/aromatic N) is 2. The Bertz CT molecular complexity index is 377. The molecule has 1 saturated heterocycles. The van der Waals surface area contributed by atoms with Gasteiger partial charge in [-0.15, -0.1) is 0 Å². The van der Waals surface area contributed by atoms with Crippen molar-refractivity contribution in [2.24, 2.45) is 11.7 Å². The minimum atomic E-state index is 0.509. The van der Waals surface area contributed by atoms with Gasteiger partial charge in [0, 0.05) is 25.8 Å². The molecule has 1 aromatic rings. The number of rotatable bonds is 4. The minimum absolute atomic E-state index is 0.509. The second-order valence-corrected chi connectivity index (χ2v) is 5.88. The number of anilines is 1. The quantitative estimate of drug-likeness (QED) is 0.904. The molecule has 1 aliphatic rings. The maximum Gasteiger partial charge on any atom is 0.0361 e. The zero-order chi connectivity index (χ0) is 13.8. The van der Waals surface area contributed by atoms with E-state index in [2.05, 4.69) is 55.1 Å². The molecule has 3 heteroatoms. The van der Waals surface area contributed by atoms with Crippen molar-refractivity contribution in [2.45, 2.75) is 25.8 Å². The highest BCUT2D eigenvalue weighted by Crippen LogP contribution is 2.27. The molecule has 19 heavy (non-hydrogen) atoms. The molecular weight excluding hydrogens is 234 g/mol. The molecule has 106 valence electrons. The number of benzene rings is 1. The van der Waals surface area contributed by atoms with Crippen LogP contribution in [-0.2, 0) is 0 Å². The summed E-state index contributed by atoms with van der Waals surface area (Å²) in [5.41, 5.74) is 8.43. The van der Waals surface area contributed by atoms with Gasteiger partial charge < -0.3 is 10.6 Å². The molecule has 0 aliphatic carbocycles. The van der Waals surface area contributed by atoms with Gasteiger partial charge >= 0.3 is 0 Å². The molecule has 0 amide bonds. The van der Waals surface area contributed by atoms with E-state index in [1.54, 1.807) is 0 Å². The van der Waals surface area contributed by atoms with E-state index < -0.39 is 0 Å². The molecule has 1 fully saturated rings. The van der Waals surface area contributed by atoms with Gasteiger partial charge in [0.1, 0.15) is 0 Å². The molecule has 3 nitrogen and oxygen atoms in total. The monoisotopic (exact) mass is 261 g/mol. The van der Waals surface area contributed by atoms with Gasteiger partial charge in [-0.3, -0.25) is 4.90 Å². The summed E-state index contributed by atoms with van der Waals surface area (Å²) in [6.07, 6.45) is 2.49. The average molecular weight is 261 g/mol. The van der Waals surface area contributed by atoms with E-state index in [0.29, 0.717) is 6.04 Å². The molecule has 1 atom stereocenters. The van der Waals surface area contributed by atoms with Crippen LogP contribution in [0.15, 0.2) is 24.3 Å². The molecule has 1 unspecified atom stereocenters. The molecule has 1 aliphatic heterocycles. The fraction of sp³-hybridized carbons (Fsp3) is 0.625. The van der Waals surface area contributed by atoms with Crippen molar-refractivity contribution in [2.75, 3.05) is 38.6 Å². The van der Waals surface area contributed by atoms with E-state index in [0.717, 1.165) is 12.5 Å². The van der Waals surface area contributed by atoms with Crippen LogP contribution in [0, 0.1) is 5.92 Å². The third-order valence-corrected chi connectivity index (χ3v) is 4.42. The van der Waals surface area contributed by atoms with Gasteiger partial charge in [-0.05, 0) is 63.0 Å². The third-order valence-electron chi connectivity index (χ3n) is 4.42. The molecule has 1 heterocycles. The van der Waals surface area contributed by atoms with E-state index in [-0.39, 0.29) is 0 Å². The summed E-state index contributed by atoms with van der Waals surface area (Å²) in [6.45, 7) is 5.52. The fourth-order valence-corrected chi connectivity index (χ4v) is 2.84. The molecule has 0 radical (unpaired) electrons. The maximum atomic E-state index is 5.76. The van der Waals surface area contributed by atoms with Crippen molar-refractivity contribution in [3.63, 3.8) is 0 Å². The topological polar surface area (TPSA) is 32.5 Å². The Morgan fingerprint density at radius 2 is 1.79 bits per heavy atom. The van der Waals surface area contributed by atoms with Crippen LogP contribution in [0.1, 0.15) is 31.4 Å². The molecule has 0 aromatic heterocycles. The van der Waals surface area contributed by atoms with Crippen LogP contribution in [0.3, 0.4) is 0 Å². The minimum Gasteiger partial charge on any atom is -0.378 e. The van der Waals surface area contributed by atoms with E-state index >= 15 is 0 Å². The first-order valence-corrected chi connectivity index (χ1v) is 7.33. The van der Waals surface area contributed by atoms with E-state index in [1.807, 2.05) is 0 Å². The Morgan fingerprint density at radius 1 is 1.21 bits per heavy atom. The van der Waals surface area contributed by atoms with Crippen molar-refractivity contribution in [1.29, 1.82) is 0 Å². The summed E-state index contributed by atoms with van der Waals surface area (Å²) in [5, 5.41) is 0. The lowest BCUT2D eigenvalue weighted by molar-refractivity contribution is 0.143. The summed E-state index contributed by atoms with van der Waals surface area (Å²) < 4.78 is 0. The lowest BCUT2D eigenvalue weighted by Crippen LogP contribution is -2.37. The predicted octanol–water partition coefficient (Wildman–Crippen LogP) is 2.48. The summed E-state index contributed by atoms with van der Waals surface area (Å²) >= 11 is 0. The summed E-state index contributed by atoms with van der Waals surface area (Å²) in [7, 11) is 4.16. The summed E-state index contributed by atoms with van der Waals surface area (Å²) in [4.78, 5) is 4.72. The van der Waals surface area contributed by atoms with Crippen LogP contribution in [0.25, 0.3) is 0 Å². The van der Waals surface area contributed by atoms with Crippen LogP contribution in [0.5, 0.6) is 0 Å². The first-order valence-electron chi connectivity index (χ1n) is 7.33. The van der Waals surface area contributed by atoms with Crippen LogP contribution in [0.2, 0.25) is 0 Å². The van der Waals surface area contributed by atoms with E-state index in [1.165, 1.54) is 37.2 Å². The van der Waals surface area contributed by atoms with Gasteiger partial charge in [0.05, 0.1) is 0 Å². The first kappa shape index (κ1) is 14.4. The van der Waals surface area contributed by atoms with Crippen LogP contribution in [0.4, 0.5) is 5.69 Å². The predicted molar refractivity (Wildman–Crippen MR) is 82.5 cm³/mol. The molecule has 0 spiro atoms. The highest BCUT2D eigenvalue weighted by molar-refractivity contribution is 5.46. The number of likely N-dealkylation sites (tertiary alicyclic amines) is 1. The Balaban J connectivity index is 1.97. The summed E-state index contributed by atoms with van der Waals surface area (Å²) in [5.74, 6) is 0.736. The average Bonchev–Trinajstić information content (AvgIpc) is 2.46. The Morgan fingerprint density at radius 3 is 2.26 bits per heavy atom. The molecule has 0 saturated carbocycles. The number of hydrogen-bond acceptors (Lipinski definition) is 3. The number of nitrogens with two attached hydrogens (primary N) is 1. The largest absolute Gasteiger partial charge is 0.378 e. The Labute approximate surface area is 117 Å². The van der Waals surface area contributed by atoms with Crippen LogP contribution < -0.4 is 10.6 Å². The zero-order valence-corrected chi connectivity index (χ0v) is 12.5. The van der Waals surface area contributed by atoms with Crippen molar-refractivity contribution in [3.8, 4) is 0 Å². The zero-order valence-electron chi connectivity index (χ0n) is 12.5. The smallest absolute Gasteiger partial charge is 0.0361 e. The van der Waals surface area contributed by atoms with Crippen LogP contribution >= 0.6 is 0 Å². The standard InChI is InChI=1S/C16H27N3/c1-13(19-10-8-14(12-17)9-11-19)15-4-6-16(7-5-15)18(2)3/h4-7,13-14H,8-12,17H2,1-3H3. The molecule has 2 N–H and O–H groups in total. The number of piperidine rings is 1. The van der Waals surface area contributed by atoms with Gasteiger partial charge in [-0.2, -0.15) is 0 Å². The molecule has 0 bridgehead atoms. The van der Waals surface area contributed by atoms with Gasteiger partial charge in [-0.25, -0.2) is 0 Å². The van der Waals surface area contributed by atoms with Crippen LogP contribution in [-0.4, -0.2) is 38.6 Å². The summed E-state index contributed by atoms with van der Waals surface area (Å²) in [6, 6.07) is 9.44. The molecular formula is C16H27N3. The van der Waals surface area contributed by atoms with E-state index in [9.17, 15) is 0 Å². The Kier molecular flexibility index (Phi) is 4.83. The Hall–Kier alpha value is -1.06. The normalized spacial score (nSPS) is 19.4. The molecule has 2 rings (SSSR count). The second-order valence-electron chi connectivity index (χ2n) is 5.88. The van der Waals surface area contributed by atoms with E-state index in [4.69, 9.17) is 5.73 Å². The highest BCUT2D eigenvalue weighted by Gasteiger charge is 2.22. The molecule has 1 aromatic carbocycles. The number of hydrogen-bond donors (Lipinski definition) is 1. The van der Waals surface area contributed by atoms with Crippen molar-refractivity contribution >= 4 is 5.69 Å². The van der Waals surface area contributed by atoms with Crippen molar-refractivity contribution < 1.29 is 0 Å². The van der Waals surface area contributed by atoms with Crippen molar-refractivity contribution in [3.05, 3.63) is 29.8 Å². The van der Waals surface area contributed by atoms with Crippen molar-refractivity contribution in [1.82, 2.24) is 4.90 Å². The van der Waals surface area contributed by atoms with Gasteiger partial charge in [0.2, 0.25) is 0 Å². The first-order chi connectivity index (χ1) is 9.11. The second kappa shape index (κ2) is 6.40. The highest BCUT2D eigenvalue weighted by atomic mass is 15.2. The lowest BCUT2D eigenvalue weighted by Gasteiger charge is -2.36. The SMILES string of the molecule is CC(c1ccc(N(C)C)cc1)N1CCC(CN)CC1. The lowest BCUT2D eigenvalue weighted by atomic mass is 9.95. The van der Waals surface area contributed by atoms with Gasteiger partial charge in [-0.1, -0.05) is 12.1 Å². The van der Waals surface area contributed by atoms with Gasteiger partial charge in [0.15, 0.2) is 0 Å². The third kappa shape index (κ3) is 3.48.